The lowest BCUT2D eigenvalue weighted by atomic mass is 9.92. The molecule has 0 rings (SSSR count). The fourth-order valence-electron chi connectivity index (χ4n) is 1.23. The zero-order valence-corrected chi connectivity index (χ0v) is 9.10. The molecule has 0 aromatic carbocycles. The first-order chi connectivity index (χ1) is 5.86. The van der Waals surface area contributed by atoms with Gasteiger partial charge in [0.25, 0.3) is 0 Å². The van der Waals surface area contributed by atoms with E-state index in [0.717, 1.165) is 11.1 Å². The fourth-order valence-corrected chi connectivity index (χ4v) is 1.23. The summed E-state index contributed by atoms with van der Waals surface area (Å²) in [6.45, 7) is 8.84. The number of carbonyl (C=O) groups is 2. The molecular formula is C11H18O2. The molecule has 0 N–H and O–H groups in total. The van der Waals surface area contributed by atoms with Gasteiger partial charge in [0.1, 0.15) is 5.78 Å². The second-order valence-corrected chi connectivity index (χ2v) is 3.67. The smallest absolute Gasteiger partial charge is 0.155 e. The first kappa shape index (κ1) is 12.1. The molecule has 0 spiro atoms. The van der Waals surface area contributed by atoms with Crippen LogP contribution in [0.1, 0.15) is 41.0 Å². The Bertz CT molecular complexity index is 249. The summed E-state index contributed by atoms with van der Waals surface area (Å²) in [5.74, 6) is 0.442. The van der Waals surface area contributed by atoms with Gasteiger partial charge in [0.05, 0.1) is 0 Å². The van der Waals surface area contributed by atoms with E-state index in [2.05, 4.69) is 0 Å². The third-order valence-corrected chi connectivity index (χ3v) is 2.45. The normalized spacial score (nSPS) is 14.8. The highest BCUT2D eigenvalue weighted by molar-refractivity contribution is 5.93. The number of Topliss-reactive ketones (excluding diaryl/α,β-unsaturated/α-hetero) is 2. The van der Waals surface area contributed by atoms with Crippen LogP contribution in [0.2, 0.25) is 0 Å². The van der Waals surface area contributed by atoms with Crippen molar-refractivity contribution in [2.45, 2.75) is 41.0 Å². The van der Waals surface area contributed by atoms with Crippen molar-refractivity contribution >= 4 is 11.6 Å². The molecule has 0 aliphatic carbocycles. The Kier molecular flexibility index (Phi) is 4.60. The molecular weight excluding hydrogens is 164 g/mol. The molecule has 0 aliphatic rings. The second kappa shape index (κ2) is 4.95. The number of carbonyl (C=O) groups excluding carboxylic acids is 2. The van der Waals surface area contributed by atoms with Crippen molar-refractivity contribution < 1.29 is 9.59 Å². The van der Waals surface area contributed by atoms with E-state index in [0.29, 0.717) is 6.42 Å². The number of ketones is 2. The van der Waals surface area contributed by atoms with Crippen LogP contribution in [-0.2, 0) is 9.59 Å². The number of hydrogen-bond donors (Lipinski definition) is 0. The highest BCUT2D eigenvalue weighted by atomic mass is 16.1. The van der Waals surface area contributed by atoms with Crippen molar-refractivity contribution in [2.75, 3.05) is 0 Å². The summed E-state index contributed by atoms with van der Waals surface area (Å²) >= 11 is 0. The van der Waals surface area contributed by atoms with Crippen LogP contribution in [-0.4, -0.2) is 11.6 Å². The van der Waals surface area contributed by atoms with Gasteiger partial charge in [-0.25, -0.2) is 0 Å². The van der Waals surface area contributed by atoms with E-state index in [4.69, 9.17) is 0 Å². The molecule has 0 saturated carbocycles. The maximum absolute atomic E-state index is 11.0. The van der Waals surface area contributed by atoms with Crippen LogP contribution in [0, 0.1) is 5.92 Å². The maximum atomic E-state index is 11.0. The quantitative estimate of drug-likeness (QED) is 0.626. The van der Waals surface area contributed by atoms with E-state index < -0.39 is 0 Å². The van der Waals surface area contributed by atoms with Gasteiger partial charge in [-0.05, 0) is 39.2 Å². The van der Waals surface area contributed by atoms with Crippen LogP contribution in [0.4, 0.5) is 0 Å². The van der Waals surface area contributed by atoms with Gasteiger partial charge in [0.15, 0.2) is 5.78 Å². The Hall–Kier alpha value is -0.920. The Labute approximate surface area is 80.0 Å². The minimum Gasteiger partial charge on any atom is -0.300 e. The van der Waals surface area contributed by atoms with Gasteiger partial charge < -0.3 is 4.79 Å². The van der Waals surface area contributed by atoms with Crippen molar-refractivity contribution in [1.82, 2.24) is 0 Å². The average Bonchev–Trinajstić information content (AvgIpc) is 2.00. The Balaban J connectivity index is 4.57. The largest absolute Gasteiger partial charge is 0.300 e. The van der Waals surface area contributed by atoms with E-state index in [1.54, 1.807) is 13.8 Å². The van der Waals surface area contributed by atoms with Crippen molar-refractivity contribution in [3.8, 4) is 0 Å². The minimum atomic E-state index is 0.0907. The van der Waals surface area contributed by atoms with Crippen molar-refractivity contribution in [3.05, 3.63) is 11.1 Å². The molecule has 0 aliphatic heterocycles. The number of rotatable bonds is 4. The molecule has 1 atom stereocenters. The topological polar surface area (TPSA) is 34.1 Å². The van der Waals surface area contributed by atoms with E-state index in [1.165, 1.54) is 0 Å². The van der Waals surface area contributed by atoms with Gasteiger partial charge in [0.2, 0.25) is 0 Å². The third-order valence-electron chi connectivity index (χ3n) is 2.45. The molecule has 0 amide bonds. The molecule has 0 heterocycles. The Morgan fingerprint density at radius 1 is 1.08 bits per heavy atom. The molecule has 0 fully saturated rings. The third kappa shape index (κ3) is 4.02. The van der Waals surface area contributed by atoms with Crippen LogP contribution in [0.25, 0.3) is 0 Å². The van der Waals surface area contributed by atoms with E-state index in [-0.39, 0.29) is 17.5 Å². The minimum absolute atomic E-state index is 0.0907. The van der Waals surface area contributed by atoms with Crippen molar-refractivity contribution in [1.29, 1.82) is 0 Å². The molecule has 74 valence electrons. The lowest BCUT2D eigenvalue weighted by molar-refractivity contribution is -0.117. The second-order valence-electron chi connectivity index (χ2n) is 3.67. The van der Waals surface area contributed by atoms with Gasteiger partial charge in [0, 0.05) is 6.42 Å². The zero-order chi connectivity index (χ0) is 10.6. The van der Waals surface area contributed by atoms with Crippen LogP contribution in [0.15, 0.2) is 11.1 Å². The highest BCUT2D eigenvalue weighted by Crippen LogP contribution is 2.18. The van der Waals surface area contributed by atoms with Gasteiger partial charge in [-0.1, -0.05) is 12.5 Å². The van der Waals surface area contributed by atoms with Gasteiger partial charge in [-0.2, -0.15) is 0 Å². The summed E-state index contributed by atoms with van der Waals surface area (Å²) in [4.78, 5) is 21.9. The molecule has 0 bridgehead atoms. The summed E-state index contributed by atoms with van der Waals surface area (Å²) in [5, 5.41) is 0. The fraction of sp³-hybridized carbons (Fsp3) is 0.636. The molecule has 2 heteroatoms. The van der Waals surface area contributed by atoms with Crippen LogP contribution >= 0.6 is 0 Å². The molecule has 0 aromatic heterocycles. The summed E-state index contributed by atoms with van der Waals surface area (Å²) in [6.07, 6.45) is 0.524. The molecule has 0 aromatic rings. The predicted octanol–water partition coefficient (Wildman–Crippen LogP) is 2.53. The Morgan fingerprint density at radius 2 is 1.54 bits per heavy atom. The first-order valence-corrected chi connectivity index (χ1v) is 4.54. The van der Waals surface area contributed by atoms with Crippen molar-refractivity contribution in [2.24, 2.45) is 5.92 Å². The van der Waals surface area contributed by atoms with Gasteiger partial charge >= 0.3 is 0 Å². The highest BCUT2D eigenvalue weighted by Gasteiger charge is 2.11. The summed E-state index contributed by atoms with van der Waals surface area (Å²) in [7, 11) is 0. The van der Waals surface area contributed by atoms with Crippen molar-refractivity contribution in [3.63, 3.8) is 0 Å². The standard InChI is InChI=1S/C11H18O2/c1-7(6-8(2)12)9(3)10(4)11(5)13/h7H,6H2,1-5H3/b10-9-/t7-/m0/s1. The monoisotopic (exact) mass is 182 g/mol. The molecule has 2 nitrogen and oxygen atoms in total. The Morgan fingerprint density at radius 3 is 1.85 bits per heavy atom. The van der Waals surface area contributed by atoms with E-state index in [9.17, 15) is 9.59 Å². The number of allylic oxidation sites excluding steroid dienone is 2. The van der Waals surface area contributed by atoms with Gasteiger partial charge in [-0.3, -0.25) is 4.79 Å². The van der Waals surface area contributed by atoms with Crippen LogP contribution in [0.5, 0.6) is 0 Å². The number of hydrogen-bond acceptors (Lipinski definition) is 2. The van der Waals surface area contributed by atoms with Gasteiger partial charge in [-0.15, -0.1) is 0 Å². The first-order valence-electron chi connectivity index (χ1n) is 4.54. The predicted molar refractivity (Wildman–Crippen MR) is 53.5 cm³/mol. The summed E-state index contributed by atoms with van der Waals surface area (Å²) in [5.41, 5.74) is 1.82. The maximum Gasteiger partial charge on any atom is 0.155 e. The molecule has 0 saturated heterocycles. The lowest BCUT2D eigenvalue weighted by Crippen LogP contribution is -2.07. The zero-order valence-electron chi connectivity index (χ0n) is 9.10. The van der Waals surface area contributed by atoms with Crippen LogP contribution < -0.4 is 0 Å². The summed E-state index contributed by atoms with van der Waals surface area (Å²) in [6, 6.07) is 0. The van der Waals surface area contributed by atoms with E-state index >= 15 is 0 Å². The van der Waals surface area contributed by atoms with E-state index in [1.807, 2.05) is 20.8 Å². The van der Waals surface area contributed by atoms with Crippen LogP contribution in [0.3, 0.4) is 0 Å². The SMILES string of the molecule is CC(=O)C[C@H](C)/C(C)=C(/C)C(C)=O. The average molecular weight is 182 g/mol. The lowest BCUT2D eigenvalue weighted by Gasteiger charge is -2.12. The molecule has 0 unspecified atom stereocenters. The molecule has 13 heavy (non-hydrogen) atoms. The molecule has 0 radical (unpaired) electrons. The summed E-state index contributed by atoms with van der Waals surface area (Å²) < 4.78 is 0.